The highest BCUT2D eigenvalue weighted by atomic mass is 16.5. The van der Waals surface area contributed by atoms with E-state index in [2.05, 4.69) is 0 Å². The van der Waals surface area contributed by atoms with Crippen molar-refractivity contribution >= 4 is 17.4 Å². The number of methoxy groups -OCH3 is 1. The fourth-order valence-corrected chi connectivity index (χ4v) is 3.42. The van der Waals surface area contributed by atoms with Gasteiger partial charge in [0.05, 0.1) is 24.3 Å². The van der Waals surface area contributed by atoms with E-state index < -0.39 is 17.7 Å². The Morgan fingerprint density at radius 1 is 1.07 bits per heavy atom. The molecule has 0 aliphatic carbocycles. The maximum atomic E-state index is 12.8. The van der Waals surface area contributed by atoms with Crippen molar-refractivity contribution in [1.29, 1.82) is 0 Å². The van der Waals surface area contributed by atoms with Gasteiger partial charge in [-0.2, -0.15) is 0 Å². The zero-order chi connectivity index (χ0) is 21.8. The molecule has 2 N–H and O–H groups in total. The van der Waals surface area contributed by atoms with E-state index in [1.807, 2.05) is 13.8 Å². The third kappa shape index (κ3) is 4.31. The Kier molecular flexibility index (Phi) is 6.42. The minimum Gasteiger partial charge on any atom is -0.508 e. The standard InChI is InChI=1S/C23H25NO6/c1-14(2)30-18-10-6-16(7-11-18)21(26)19-20(15-4-8-17(25)9-5-15)24(12-13-29-3)23(28)22(19)27/h4-11,14,20,25-26H,12-13H2,1-3H3/b21-19+. The molecule has 0 radical (unpaired) electrons. The minimum absolute atomic E-state index is 0.000629. The highest BCUT2D eigenvalue weighted by Crippen LogP contribution is 2.39. The van der Waals surface area contributed by atoms with Crippen LogP contribution in [0.15, 0.2) is 54.1 Å². The van der Waals surface area contributed by atoms with Gasteiger partial charge in [-0.15, -0.1) is 0 Å². The van der Waals surface area contributed by atoms with Gasteiger partial charge in [0.1, 0.15) is 17.3 Å². The van der Waals surface area contributed by atoms with Gasteiger partial charge in [0.25, 0.3) is 11.7 Å². The van der Waals surface area contributed by atoms with E-state index in [-0.39, 0.29) is 36.3 Å². The zero-order valence-electron chi connectivity index (χ0n) is 17.2. The Labute approximate surface area is 175 Å². The van der Waals surface area contributed by atoms with Gasteiger partial charge in [-0.1, -0.05) is 12.1 Å². The van der Waals surface area contributed by atoms with Gasteiger partial charge < -0.3 is 24.6 Å². The highest BCUT2D eigenvalue weighted by Gasteiger charge is 2.45. The topological polar surface area (TPSA) is 96.3 Å². The molecule has 1 atom stereocenters. The summed E-state index contributed by atoms with van der Waals surface area (Å²) in [6, 6.07) is 12.1. The molecular formula is C23H25NO6. The Morgan fingerprint density at radius 2 is 1.70 bits per heavy atom. The van der Waals surface area contributed by atoms with Crippen molar-refractivity contribution < 1.29 is 29.3 Å². The fourth-order valence-electron chi connectivity index (χ4n) is 3.42. The molecule has 0 saturated carbocycles. The zero-order valence-corrected chi connectivity index (χ0v) is 17.2. The number of phenols is 1. The second-order valence-corrected chi connectivity index (χ2v) is 7.27. The van der Waals surface area contributed by atoms with Gasteiger partial charge >= 0.3 is 0 Å². The summed E-state index contributed by atoms with van der Waals surface area (Å²) in [4.78, 5) is 26.9. The molecule has 0 spiro atoms. The van der Waals surface area contributed by atoms with E-state index in [0.717, 1.165) is 0 Å². The molecule has 7 nitrogen and oxygen atoms in total. The SMILES string of the molecule is COCCN1C(=O)C(=O)/C(=C(/O)c2ccc(OC(C)C)cc2)C1c1ccc(O)cc1. The van der Waals surface area contributed by atoms with Crippen LogP contribution in [0.4, 0.5) is 0 Å². The molecule has 7 heteroatoms. The number of ether oxygens (including phenoxy) is 2. The number of aliphatic hydroxyl groups excluding tert-OH is 1. The number of ketones is 1. The highest BCUT2D eigenvalue weighted by molar-refractivity contribution is 6.46. The number of Topliss-reactive ketones (excluding diaryl/α,β-unsaturated/α-hetero) is 1. The summed E-state index contributed by atoms with van der Waals surface area (Å²) in [7, 11) is 1.51. The molecular weight excluding hydrogens is 386 g/mol. The molecule has 2 aromatic rings. The number of aromatic hydroxyl groups is 1. The number of hydrogen-bond donors (Lipinski definition) is 2. The van der Waals surface area contributed by atoms with Crippen molar-refractivity contribution in [2.75, 3.05) is 20.3 Å². The van der Waals surface area contributed by atoms with Gasteiger partial charge in [-0.05, 0) is 55.8 Å². The third-order valence-electron chi connectivity index (χ3n) is 4.78. The lowest BCUT2D eigenvalue weighted by Crippen LogP contribution is -2.32. The van der Waals surface area contributed by atoms with E-state index in [1.54, 1.807) is 36.4 Å². The summed E-state index contributed by atoms with van der Waals surface area (Å²) in [5, 5.41) is 20.6. The van der Waals surface area contributed by atoms with E-state index in [0.29, 0.717) is 16.9 Å². The van der Waals surface area contributed by atoms with Gasteiger partial charge in [-0.3, -0.25) is 9.59 Å². The molecule has 158 valence electrons. The van der Waals surface area contributed by atoms with Crippen molar-refractivity contribution in [3.05, 3.63) is 65.2 Å². The number of likely N-dealkylation sites (tertiary alicyclic amines) is 1. The first kappa shape index (κ1) is 21.4. The molecule has 0 aromatic heterocycles. The van der Waals surface area contributed by atoms with Crippen LogP contribution in [-0.2, 0) is 14.3 Å². The van der Waals surface area contributed by atoms with Crippen LogP contribution in [0.25, 0.3) is 5.76 Å². The number of aliphatic hydroxyl groups is 1. The Hall–Kier alpha value is -3.32. The number of benzene rings is 2. The summed E-state index contributed by atoms with van der Waals surface area (Å²) in [6.45, 7) is 4.24. The lowest BCUT2D eigenvalue weighted by atomic mass is 9.95. The maximum Gasteiger partial charge on any atom is 0.295 e. The van der Waals surface area contributed by atoms with Gasteiger partial charge in [0.2, 0.25) is 0 Å². The summed E-state index contributed by atoms with van der Waals surface area (Å²) >= 11 is 0. The van der Waals surface area contributed by atoms with E-state index in [9.17, 15) is 19.8 Å². The molecule has 1 unspecified atom stereocenters. The number of rotatable bonds is 7. The van der Waals surface area contributed by atoms with Crippen molar-refractivity contribution in [2.24, 2.45) is 0 Å². The van der Waals surface area contributed by atoms with Crippen LogP contribution in [0, 0.1) is 0 Å². The van der Waals surface area contributed by atoms with Crippen LogP contribution < -0.4 is 4.74 Å². The summed E-state index contributed by atoms with van der Waals surface area (Å²) in [5.74, 6) is -1.02. The molecule has 30 heavy (non-hydrogen) atoms. The second kappa shape index (κ2) is 9.00. The molecule has 1 fully saturated rings. The smallest absolute Gasteiger partial charge is 0.295 e. The monoisotopic (exact) mass is 411 g/mol. The first-order chi connectivity index (χ1) is 14.3. The number of nitrogens with zero attached hydrogens (tertiary/aromatic N) is 1. The summed E-state index contributed by atoms with van der Waals surface area (Å²) in [5.41, 5.74) is 1.00. The number of hydrogen-bond acceptors (Lipinski definition) is 6. The molecule has 0 bridgehead atoms. The number of carbonyl (C=O) groups excluding carboxylic acids is 2. The maximum absolute atomic E-state index is 12.8. The molecule has 3 rings (SSSR count). The predicted octanol–water partition coefficient (Wildman–Crippen LogP) is 3.25. The number of phenolic OH excluding ortho intramolecular Hbond substituents is 1. The van der Waals surface area contributed by atoms with Crippen LogP contribution in [0.1, 0.15) is 31.0 Å². The average Bonchev–Trinajstić information content (AvgIpc) is 2.97. The Bertz CT molecular complexity index is 947. The van der Waals surface area contributed by atoms with Gasteiger partial charge in [0, 0.05) is 19.2 Å². The third-order valence-corrected chi connectivity index (χ3v) is 4.78. The first-order valence-corrected chi connectivity index (χ1v) is 9.67. The number of carbonyl (C=O) groups is 2. The largest absolute Gasteiger partial charge is 0.508 e. The van der Waals surface area contributed by atoms with E-state index in [4.69, 9.17) is 9.47 Å². The van der Waals surface area contributed by atoms with Crippen molar-refractivity contribution in [3.63, 3.8) is 0 Å². The second-order valence-electron chi connectivity index (χ2n) is 7.27. The van der Waals surface area contributed by atoms with Crippen LogP contribution in [-0.4, -0.2) is 53.2 Å². The van der Waals surface area contributed by atoms with Crippen LogP contribution >= 0.6 is 0 Å². The van der Waals surface area contributed by atoms with E-state index >= 15 is 0 Å². The summed E-state index contributed by atoms with van der Waals surface area (Å²) in [6.07, 6.45) is 0.00468. The Morgan fingerprint density at radius 3 is 2.27 bits per heavy atom. The van der Waals surface area contributed by atoms with Gasteiger partial charge in [0.15, 0.2) is 0 Å². The average molecular weight is 411 g/mol. The van der Waals surface area contributed by atoms with Crippen molar-refractivity contribution in [2.45, 2.75) is 26.0 Å². The van der Waals surface area contributed by atoms with E-state index in [1.165, 1.54) is 24.1 Å². The quantitative estimate of drug-likeness (QED) is 0.413. The van der Waals surface area contributed by atoms with Crippen molar-refractivity contribution in [1.82, 2.24) is 4.90 Å². The van der Waals surface area contributed by atoms with Crippen LogP contribution in [0.5, 0.6) is 11.5 Å². The molecule has 1 aliphatic heterocycles. The molecule has 1 aliphatic rings. The fraction of sp³-hybridized carbons (Fsp3) is 0.304. The molecule has 1 saturated heterocycles. The summed E-state index contributed by atoms with van der Waals surface area (Å²) < 4.78 is 10.7. The Balaban J connectivity index is 2.07. The predicted molar refractivity (Wildman–Crippen MR) is 111 cm³/mol. The molecule has 1 heterocycles. The lowest BCUT2D eigenvalue weighted by Gasteiger charge is -2.25. The molecule has 1 amide bonds. The minimum atomic E-state index is -0.785. The number of amides is 1. The normalized spacial score (nSPS) is 18.3. The molecule has 2 aromatic carbocycles. The van der Waals surface area contributed by atoms with Gasteiger partial charge in [-0.25, -0.2) is 0 Å². The first-order valence-electron chi connectivity index (χ1n) is 9.67. The van der Waals surface area contributed by atoms with Crippen molar-refractivity contribution in [3.8, 4) is 11.5 Å². The van der Waals surface area contributed by atoms with Crippen LogP contribution in [0.3, 0.4) is 0 Å². The lowest BCUT2D eigenvalue weighted by molar-refractivity contribution is -0.140. The van der Waals surface area contributed by atoms with Crippen LogP contribution in [0.2, 0.25) is 0 Å².